The molecule has 0 aromatic heterocycles. The van der Waals surface area contributed by atoms with E-state index in [9.17, 15) is 26.3 Å². The summed E-state index contributed by atoms with van der Waals surface area (Å²) < 4.78 is 80.7. The molecule has 1 aromatic carbocycles. The lowest BCUT2D eigenvalue weighted by Gasteiger charge is -2.31. The second-order valence-corrected chi connectivity index (χ2v) is 7.84. The SMILES string of the molecule is N#Cc1ccc(C2C[C@H](CN3CCC(C#N)CC3)N[C@H]2C(F)(F)F)cc1C(F)(F)F. The van der Waals surface area contributed by atoms with Crippen molar-refractivity contribution in [3.05, 3.63) is 34.9 Å². The van der Waals surface area contributed by atoms with E-state index in [-0.39, 0.29) is 17.9 Å². The molecular weight excluding hydrogens is 410 g/mol. The van der Waals surface area contributed by atoms with Crippen molar-refractivity contribution in [1.82, 2.24) is 10.2 Å². The number of benzene rings is 1. The molecule has 4 nitrogen and oxygen atoms in total. The highest BCUT2D eigenvalue weighted by atomic mass is 19.4. The van der Waals surface area contributed by atoms with Crippen molar-refractivity contribution in [2.45, 2.75) is 49.6 Å². The number of hydrogen-bond acceptors (Lipinski definition) is 4. The van der Waals surface area contributed by atoms with Crippen LogP contribution in [0.15, 0.2) is 18.2 Å². The summed E-state index contributed by atoms with van der Waals surface area (Å²) in [5.41, 5.74) is -1.91. The van der Waals surface area contributed by atoms with Crippen molar-refractivity contribution in [3.8, 4) is 12.1 Å². The van der Waals surface area contributed by atoms with Crippen LogP contribution in [0, 0.1) is 28.6 Å². The number of alkyl halides is 6. The van der Waals surface area contributed by atoms with Crippen molar-refractivity contribution in [2.24, 2.45) is 5.92 Å². The number of halogens is 6. The molecule has 3 atom stereocenters. The lowest BCUT2D eigenvalue weighted by atomic mass is 9.88. The van der Waals surface area contributed by atoms with E-state index in [4.69, 9.17) is 10.5 Å². The fourth-order valence-corrected chi connectivity index (χ4v) is 4.34. The fourth-order valence-electron chi connectivity index (χ4n) is 4.34. The van der Waals surface area contributed by atoms with Crippen molar-refractivity contribution >= 4 is 0 Å². The van der Waals surface area contributed by atoms with Gasteiger partial charge in [-0.3, -0.25) is 0 Å². The molecule has 10 heteroatoms. The molecule has 2 aliphatic rings. The van der Waals surface area contributed by atoms with Gasteiger partial charge < -0.3 is 10.2 Å². The Labute approximate surface area is 170 Å². The first-order valence-electron chi connectivity index (χ1n) is 9.59. The second-order valence-electron chi connectivity index (χ2n) is 7.84. The molecule has 0 radical (unpaired) electrons. The summed E-state index contributed by atoms with van der Waals surface area (Å²) in [4.78, 5) is 1.99. The van der Waals surface area contributed by atoms with E-state index in [1.165, 1.54) is 12.1 Å². The summed E-state index contributed by atoms with van der Waals surface area (Å²) >= 11 is 0. The molecule has 2 aliphatic heterocycles. The zero-order valence-electron chi connectivity index (χ0n) is 15.9. The lowest BCUT2D eigenvalue weighted by Crippen LogP contribution is -2.47. The van der Waals surface area contributed by atoms with Gasteiger partial charge in [0.1, 0.15) is 6.04 Å². The first kappa shape index (κ1) is 22.4. The Kier molecular flexibility index (Phi) is 6.30. The minimum atomic E-state index is -4.83. The molecule has 1 aromatic rings. The molecule has 3 rings (SSSR count). The van der Waals surface area contributed by atoms with Crippen LogP contribution >= 0.6 is 0 Å². The molecule has 0 bridgehead atoms. The first-order valence-corrected chi connectivity index (χ1v) is 9.59. The van der Waals surface area contributed by atoms with Gasteiger partial charge in [-0.1, -0.05) is 6.07 Å². The normalized spacial score (nSPS) is 26.3. The van der Waals surface area contributed by atoms with E-state index in [2.05, 4.69) is 11.4 Å². The summed E-state index contributed by atoms with van der Waals surface area (Å²) in [7, 11) is 0. The molecule has 0 amide bonds. The lowest BCUT2D eigenvalue weighted by molar-refractivity contribution is -0.156. The van der Waals surface area contributed by atoms with Crippen LogP contribution in [0.1, 0.15) is 41.9 Å². The van der Waals surface area contributed by atoms with Gasteiger partial charge in [-0.2, -0.15) is 36.9 Å². The third kappa shape index (κ3) is 4.88. The van der Waals surface area contributed by atoms with Gasteiger partial charge in [-0.05, 0) is 50.0 Å². The third-order valence-electron chi connectivity index (χ3n) is 5.86. The zero-order chi connectivity index (χ0) is 22.1. The molecule has 2 fully saturated rings. The average molecular weight is 430 g/mol. The molecule has 1 N–H and O–H groups in total. The molecular formula is C20H20F6N4. The van der Waals surface area contributed by atoms with E-state index < -0.39 is 41.5 Å². The first-order chi connectivity index (χ1) is 14.0. The van der Waals surface area contributed by atoms with E-state index in [1.54, 1.807) is 0 Å². The third-order valence-corrected chi connectivity index (χ3v) is 5.86. The van der Waals surface area contributed by atoms with Gasteiger partial charge in [0.05, 0.1) is 23.3 Å². The predicted molar refractivity (Wildman–Crippen MR) is 95.1 cm³/mol. The highest BCUT2D eigenvalue weighted by Crippen LogP contribution is 2.42. The van der Waals surface area contributed by atoms with Crippen LogP contribution in [0.25, 0.3) is 0 Å². The van der Waals surface area contributed by atoms with Crippen LogP contribution in [0.3, 0.4) is 0 Å². The maximum atomic E-state index is 13.6. The van der Waals surface area contributed by atoms with Gasteiger partial charge in [-0.25, -0.2) is 0 Å². The average Bonchev–Trinajstić information content (AvgIpc) is 3.11. The smallest absolute Gasteiger partial charge is 0.302 e. The Balaban J connectivity index is 1.81. The topological polar surface area (TPSA) is 62.9 Å². The molecule has 30 heavy (non-hydrogen) atoms. The fraction of sp³-hybridized carbons (Fsp3) is 0.600. The van der Waals surface area contributed by atoms with Gasteiger partial charge in [-0.15, -0.1) is 0 Å². The van der Waals surface area contributed by atoms with Crippen LogP contribution in [0.4, 0.5) is 26.3 Å². The van der Waals surface area contributed by atoms with Gasteiger partial charge in [0.15, 0.2) is 0 Å². The quantitative estimate of drug-likeness (QED) is 0.731. The Bertz CT molecular complexity index is 843. The second kappa shape index (κ2) is 8.44. The summed E-state index contributed by atoms with van der Waals surface area (Å²) in [6.07, 6.45) is -8.11. The zero-order valence-corrected chi connectivity index (χ0v) is 15.9. The number of likely N-dealkylation sites (tertiary alicyclic amines) is 1. The van der Waals surface area contributed by atoms with Gasteiger partial charge in [0.2, 0.25) is 0 Å². The van der Waals surface area contributed by atoms with Crippen LogP contribution in [-0.2, 0) is 6.18 Å². The number of piperidine rings is 1. The molecule has 0 saturated carbocycles. The summed E-state index contributed by atoms with van der Waals surface area (Å²) in [6, 6.07) is 3.93. The van der Waals surface area contributed by atoms with E-state index >= 15 is 0 Å². The molecule has 0 spiro atoms. The van der Waals surface area contributed by atoms with E-state index in [0.29, 0.717) is 38.5 Å². The molecule has 162 valence electrons. The molecule has 1 unspecified atom stereocenters. The van der Waals surface area contributed by atoms with Gasteiger partial charge in [0, 0.05) is 24.4 Å². The Morgan fingerprint density at radius 2 is 1.73 bits per heavy atom. The maximum absolute atomic E-state index is 13.6. The van der Waals surface area contributed by atoms with Crippen LogP contribution < -0.4 is 5.32 Å². The Hall–Kier alpha value is -2.30. The van der Waals surface area contributed by atoms with E-state index in [0.717, 1.165) is 6.07 Å². The Morgan fingerprint density at radius 1 is 1.07 bits per heavy atom. The highest BCUT2D eigenvalue weighted by Gasteiger charge is 2.51. The van der Waals surface area contributed by atoms with E-state index in [1.807, 2.05) is 4.90 Å². The van der Waals surface area contributed by atoms with Crippen LogP contribution in [-0.4, -0.2) is 42.8 Å². The van der Waals surface area contributed by atoms with Gasteiger partial charge >= 0.3 is 12.4 Å². The largest absolute Gasteiger partial charge is 0.417 e. The molecule has 0 aliphatic carbocycles. The maximum Gasteiger partial charge on any atom is 0.417 e. The number of nitrogens with zero attached hydrogens (tertiary/aromatic N) is 3. The molecule has 2 saturated heterocycles. The number of nitriles is 2. The minimum absolute atomic E-state index is 0.0333. The van der Waals surface area contributed by atoms with Crippen molar-refractivity contribution in [3.63, 3.8) is 0 Å². The van der Waals surface area contributed by atoms with Crippen molar-refractivity contribution in [2.75, 3.05) is 19.6 Å². The monoisotopic (exact) mass is 430 g/mol. The molecule has 2 heterocycles. The minimum Gasteiger partial charge on any atom is -0.302 e. The predicted octanol–water partition coefficient (Wildman–Crippen LogP) is 4.19. The van der Waals surface area contributed by atoms with Crippen molar-refractivity contribution in [1.29, 1.82) is 10.5 Å². The number of hydrogen-bond donors (Lipinski definition) is 1. The summed E-state index contributed by atoms with van der Waals surface area (Å²) in [5.74, 6) is -1.23. The Morgan fingerprint density at radius 3 is 2.27 bits per heavy atom. The van der Waals surface area contributed by atoms with Crippen molar-refractivity contribution < 1.29 is 26.3 Å². The summed E-state index contributed by atoms with van der Waals surface area (Å²) in [5, 5.41) is 20.4. The number of nitrogens with one attached hydrogen (secondary N) is 1. The summed E-state index contributed by atoms with van der Waals surface area (Å²) in [6.45, 7) is 1.54. The van der Waals surface area contributed by atoms with Crippen LogP contribution in [0.2, 0.25) is 0 Å². The van der Waals surface area contributed by atoms with Gasteiger partial charge in [0.25, 0.3) is 0 Å². The number of rotatable bonds is 3. The van der Waals surface area contributed by atoms with Crippen LogP contribution in [0.5, 0.6) is 0 Å². The standard InChI is InChI=1S/C20H20F6N4/c21-19(22,23)17-7-13(1-2-14(17)10-28)16-8-15(29-18(16)20(24,25)26)11-30-5-3-12(9-27)4-6-30/h1-2,7,12,15-16,18,29H,3-6,8,11H2/t15-,16?,18-/m1/s1. The highest BCUT2D eigenvalue weighted by molar-refractivity contribution is 5.43.